The van der Waals surface area contributed by atoms with Gasteiger partial charge in [-0.2, -0.15) is 4.80 Å². The second-order valence-electron chi connectivity index (χ2n) is 5.56. The number of carbonyl (C=O) groups excluding carboxylic acids is 1. The summed E-state index contributed by atoms with van der Waals surface area (Å²) in [6.45, 7) is 4.29. The summed E-state index contributed by atoms with van der Waals surface area (Å²) < 4.78 is 0. The molecule has 1 aromatic carbocycles. The summed E-state index contributed by atoms with van der Waals surface area (Å²) >= 11 is 0. The van der Waals surface area contributed by atoms with Crippen molar-refractivity contribution in [1.82, 2.24) is 25.5 Å². The third kappa shape index (κ3) is 5.28. The van der Waals surface area contributed by atoms with Gasteiger partial charge in [-0.1, -0.05) is 50.1 Å². The molecule has 2 aromatic rings. The lowest BCUT2D eigenvalue weighted by Gasteiger charge is -2.18. The van der Waals surface area contributed by atoms with Gasteiger partial charge in [0, 0.05) is 18.2 Å². The molecule has 0 radical (unpaired) electrons. The molecule has 1 aromatic heterocycles. The Bertz CT molecular complexity index is 618. The van der Waals surface area contributed by atoms with Crippen LogP contribution in [0.5, 0.6) is 0 Å². The molecule has 3 N–H and O–H groups in total. The number of nitrogens with two attached hydrogens (primary N) is 1. The first-order valence-electron chi connectivity index (χ1n) is 8.01. The molecule has 132 valence electrons. The first kappa shape index (κ1) is 20.1. The van der Waals surface area contributed by atoms with Gasteiger partial charge in [0.25, 0.3) is 0 Å². The maximum absolute atomic E-state index is 12.3. The molecular formula is C16H25ClN6O. The number of aromatic nitrogens is 4. The van der Waals surface area contributed by atoms with Crippen LogP contribution in [0.15, 0.2) is 30.3 Å². The largest absolute Gasteiger partial charge is 0.350 e. The highest BCUT2D eigenvalue weighted by Gasteiger charge is 2.21. The molecular weight excluding hydrogens is 328 g/mol. The zero-order valence-electron chi connectivity index (χ0n) is 14.1. The Hall–Kier alpha value is -1.99. The predicted molar refractivity (Wildman–Crippen MR) is 95.7 cm³/mol. The molecule has 2 rings (SSSR count). The molecule has 24 heavy (non-hydrogen) atoms. The monoisotopic (exact) mass is 352 g/mol. The molecule has 8 heteroatoms. The molecule has 0 saturated heterocycles. The Morgan fingerprint density at radius 2 is 2.04 bits per heavy atom. The summed E-state index contributed by atoms with van der Waals surface area (Å²) in [4.78, 5) is 13.7. The van der Waals surface area contributed by atoms with Gasteiger partial charge in [0.15, 0.2) is 0 Å². The summed E-state index contributed by atoms with van der Waals surface area (Å²) in [5.41, 5.74) is 6.59. The van der Waals surface area contributed by atoms with Crippen molar-refractivity contribution in [2.75, 3.05) is 6.54 Å². The predicted octanol–water partition coefficient (Wildman–Crippen LogP) is 1.96. The van der Waals surface area contributed by atoms with Gasteiger partial charge in [-0.3, -0.25) is 4.79 Å². The van der Waals surface area contributed by atoms with Crippen LogP contribution in [-0.2, 0) is 4.79 Å². The topological polar surface area (TPSA) is 98.7 Å². The number of hydrogen-bond acceptors (Lipinski definition) is 5. The lowest BCUT2D eigenvalue weighted by Crippen LogP contribution is -2.43. The Morgan fingerprint density at radius 1 is 1.33 bits per heavy atom. The van der Waals surface area contributed by atoms with Crippen LogP contribution < -0.4 is 11.1 Å². The van der Waals surface area contributed by atoms with Crippen molar-refractivity contribution in [2.24, 2.45) is 5.73 Å². The Morgan fingerprint density at radius 3 is 2.67 bits per heavy atom. The first-order valence-corrected chi connectivity index (χ1v) is 8.01. The van der Waals surface area contributed by atoms with E-state index in [9.17, 15) is 4.79 Å². The summed E-state index contributed by atoms with van der Waals surface area (Å²) in [7, 11) is 0. The van der Waals surface area contributed by atoms with Crippen molar-refractivity contribution in [3.63, 3.8) is 0 Å². The number of halogens is 1. The normalized spacial score (nSPS) is 13.0. The maximum atomic E-state index is 12.3. The number of nitrogens with zero attached hydrogens (tertiary/aromatic N) is 4. The number of rotatable bonds is 8. The second kappa shape index (κ2) is 10.00. The molecule has 0 saturated carbocycles. The zero-order chi connectivity index (χ0) is 16.7. The van der Waals surface area contributed by atoms with Crippen LogP contribution in [0.4, 0.5) is 0 Å². The molecule has 1 amide bonds. The number of carbonyl (C=O) groups is 1. The molecule has 0 aliphatic rings. The second-order valence-corrected chi connectivity index (χ2v) is 5.56. The van der Waals surface area contributed by atoms with Gasteiger partial charge in [0.05, 0.1) is 0 Å². The number of tetrazole rings is 1. The van der Waals surface area contributed by atoms with Crippen LogP contribution in [0.1, 0.15) is 39.2 Å². The van der Waals surface area contributed by atoms with Gasteiger partial charge in [0.2, 0.25) is 11.7 Å². The fourth-order valence-electron chi connectivity index (χ4n) is 2.22. The highest BCUT2D eigenvalue weighted by Crippen LogP contribution is 2.13. The lowest BCUT2D eigenvalue weighted by molar-refractivity contribution is -0.125. The van der Waals surface area contributed by atoms with E-state index < -0.39 is 6.04 Å². The lowest BCUT2D eigenvalue weighted by atomic mass is 10.1. The van der Waals surface area contributed by atoms with Crippen LogP contribution in [0.25, 0.3) is 11.4 Å². The molecule has 0 bridgehead atoms. The number of amides is 1. The van der Waals surface area contributed by atoms with Crippen LogP contribution in [0.3, 0.4) is 0 Å². The summed E-state index contributed by atoms with van der Waals surface area (Å²) in [6.07, 6.45) is 2.99. The number of benzene rings is 1. The number of unbranched alkanes of at least 4 members (excludes halogenated alkanes) is 1. The standard InChI is InChI=1S/C16H24N6O.ClH/c1-3-4-10-14(11-17)18-16(23)12(2)22-20-15(19-21-22)13-8-6-5-7-9-13;/h5-9,12,14H,3-4,10-11,17H2,1-2H3,(H,18,23);1H. The molecule has 0 spiro atoms. The van der Waals surface area contributed by atoms with E-state index in [4.69, 9.17) is 5.73 Å². The van der Waals surface area contributed by atoms with Crippen molar-refractivity contribution in [3.8, 4) is 11.4 Å². The van der Waals surface area contributed by atoms with Crippen molar-refractivity contribution in [3.05, 3.63) is 30.3 Å². The fraction of sp³-hybridized carbons (Fsp3) is 0.500. The van der Waals surface area contributed by atoms with Crippen molar-refractivity contribution >= 4 is 18.3 Å². The van der Waals surface area contributed by atoms with E-state index in [1.165, 1.54) is 4.80 Å². The average Bonchev–Trinajstić information content (AvgIpc) is 3.08. The van der Waals surface area contributed by atoms with E-state index in [-0.39, 0.29) is 24.4 Å². The molecule has 0 fully saturated rings. The van der Waals surface area contributed by atoms with Crippen LogP contribution >= 0.6 is 12.4 Å². The summed E-state index contributed by atoms with van der Waals surface area (Å²) in [6, 6.07) is 9.01. The molecule has 7 nitrogen and oxygen atoms in total. The van der Waals surface area contributed by atoms with Gasteiger partial charge < -0.3 is 11.1 Å². The van der Waals surface area contributed by atoms with Crippen molar-refractivity contribution < 1.29 is 4.79 Å². The highest BCUT2D eigenvalue weighted by molar-refractivity contribution is 5.85. The van der Waals surface area contributed by atoms with Crippen LogP contribution in [-0.4, -0.2) is 38.7 Å². The molecule has 1 heterocycles. The summed E-state index contributed by atoms with van der Waals surface area (Å²) in [5.74, 6) is 0.361. The maximum Gasteiger partial charge on any atom is 0.246 e. The van der Waals surface area contributed by atoms with Crippen LogP contribution in [0.2, 0.25) is 0 Å². The molecule has 2 unspecified atom stereocenters. The van der Waals surface area contributed by atoms with Gasteiger partial charge in [-0.25, -0.2) is 0 Å². The third-order valence-corrected chi connectivity index (χ3v) is 3.72. The molecule has 2 atom stereocenters. The van der Waals surface area contributed by atoms with Crippen molar-refractivity contribution in [1.29, 1.82) is 0 Å². The third-order valence-electron chi connectivity index (χ3n) is 3.72. The number of nitrogens with one attached hydrogen (secondary N) is 1. The van der Waals surface area contributed by atoms with Gasteiger partial charge >= 0.3 is 0 Å². The Labute approximate surface area is 148 Å². The minimum absolute atomic E-state index is 0. The molecule has 0 aliphatic heterocycles. The SMILES string of the molecule is CCCCC(CN)NC(=O)C(C)n1nnc(-c2ccccc2)n1.Cl. The van der Waals surface area contributed by atoms with E-state index >= 15 is 0 Å². The average molecular weight is 353 g/mol. The van der Waals surface area contributed by atoms with Crippen LogP contribution in [0, 0.1) is 0 Å². The smallest absolute Gasteiger partial charge is 0.246 e. The molecule has 0 aliphatic carbocycles. The van der Waals surface area contributed by atoms with E-state index in [0.29, 0.717) is 12.4 Å². The minimum Gasteiger partial charge on any atom is -0.350 e. The minimum atomic E-state index is -0.532. The van der Waals surface area contributed by atoms with Gasteiger partial charge in [0.1, 0.15) is 6.04 Å². The van der Waals surface area contributed by atoms with Crippen molar-refractivity contribution in [2.45, 2.75) is 45.2 Å². The quantitative estimate of drug-likeness (QED) is 0.756. The summed E-state index contributed by atoms with van der Waals surface area (Å²) in [5, 5.41) is 15.3. The van der Waals surface area contributed by atoms with Gasteiger partial charge in [-0.05, 0) is 18.6 Å². The fourth-order valence-corrected chi connectivity index (χ4v) is 2.22. The van der Waals surface area contributed by atoms with Gasteiger partial charge in [-0.15, -0.1) is 22.6 Å². The Balaban J connectivity index is 0.00000288. The van der Waals surface area contributed by atoms with E-state index in [2.05, 4.69) is 27.7 Å². The zero-order valence-corrected chi connectivity index (χ0v) is 14.9. The highest BCUT2D eigenvalue weighted by atomic mass is 35.5. The Kier molecular flexibility index (Phi) is 8.35. The number of hydrogen-bond donors (Lipinski definition) is 2. The van der Waals surface area contributed by atoms with E-state index in [1.807, 2.05) is 30.3 Å². The van der Waals surface area contributed by atoms with E-state index in [0.717, 1.165) is 24.8 Å². The van der Waals surface area contributed by atoms with E-state index in [1.54, 1.807) is 6.92 Å². The first-order chi connectivity index (χ1) is 11.2.